The molecule has 1 N–H and O–H groups in total. The van der Waals surface area contributed by atoms with Gasteiger partial charge in [-0.05, 0) is 18.2 Å². The molecule has 16 heavy (non-hydrogen) atoms. The predicted molar refractivity (Wildman–Crippen MR) is 53.3 cm³/mol. The third-order valence-electron chi connectivity index (χ3n) is 1.71. The van der Waals surface area contributed by atoms with E-state index in [2.05, 4.69) is 15.0 Å². The van der Waals surface area contributed by atoms with Gasteiger partial charge >= 0.3 is 12.0 Å². The molecule has 2 aromatic heterocycles. The summed E-state index contributed by atoms with van der Waals surface area (Å²) in [7, 11) is 0. The van der Waals surface area contributed by atoms with Crippen LogP contribution in [0.5, 0.6) is 11.8 Å². The van der Waals surface area contributed by atoms with Crippen molar-refractivity contribution in [3.63, 3.8) is 0 Å². The minimum Gasteiger partial charge on any atom is -0.477 e. The van der Waals surface area contributed by atoms with Gasteiger partial charge in [-0.15, -0.1) is 0 Å². The second-order valence-corrected chi connectivity index (χ2v) is 2.82. The highest BCUT2D eigenvalue weighted by Crippen LogP contribution is 2.15. The Morgan fingerprint density at radius 3 is 2.50 bits per heavy atom. The zero-order chi connectivity index (χ0) is 11.4. The van der Waals surface area contributed by atoms with Crippen LogP contribution in [-0.2, 0) is 0 Å². The van der Waals surface area contributed by atoms with Crippen molar-refractivity contribution in [2.75, 3.05) is 0 Å². The van der Waals surface area contributed by atoms with Gasteiger partial charge in [0.1, 0.15) is 11.4 Å². The average Bonchev–Trinajstić information content (AvgIpc) is 2.31. The second-order valence-electron chi connectivity index (χ2n) is 2.82. The van der Waals surface area contributed by atoms with Crippen molar-refractivity contribution in [1.29, 1.82) is 0 Å². The van der Waals surface area contributed by atoms with E-state index in [0.29, 0.717) is 5.75 Å². The lowest BCUT2D eigenvalue weighted by molar-refractivity contribution is 0.0690. The normalized spacial score (nSPS) is 9.75. The number of rotatable bonds is 3. The molecule has 0 fully saturated rings. The Balaban J connectivity index is 2.14. The molecular formula is C10H7N3O3. The van der Waals surface area contributed by atoms with E-state index in [-0.39, 0.29) is 11.7 Å². The number of carboxylic acids is 1. The summed E-state index contributed by atoms with van der Waals surface area (Å²) in [5.74, 6) is -0.696. The van der Waals surface area contributed by atoms with Crippen LogP contribution in [-0.4, -0.2) is 26.0 Å². The number of hydrogen-bond donors (Lipinski definition) is 1. The monoisotopic (exact) mass is 217 g/mol. The third kappa shape index (κ3) is 2.30. The van der Waals surface area contributed by atoms with Gasteiger partial charge in [-0.25, -0.2) is 19.7 Å². The van der Waals surface area contributed by atoms with Gasteiger partial charge in [0.2, 0.25) is 0 Å². The Labute approximate surface area is 90.6 Å². The Hall–Kier alpha value is -2.50. The molecule has 0 unspecified atom stereocenters. The molecule has 6 heteroatoms. The molecule has 0 aliphatic rings. The number of pyridine rings is 1. The van der Waals surface area contributed by atoms with E-state index < -0.39 is 5.97 Å². The van der Waals surface area contributed by atoms with Gasteiger partial charge in [-0.2, -0.15) is 0 Å². The lowest BCUT2D eigenvalue weighted by Gasteiger charge is -2.02. The number of ether oxygens (including phenoxy) is 1. The van der Waals surface area contributed by atoms with E-state index in [0.717, 1.165) is 0 Å². The maximum absolute atomic E-state index is 10.5. The van der Waals surface area contributed by atoms with E-state index in [1.54, 1.807) is 18.5 Å². The number of carboxylic acid groups (broad SMARTS) is 1. The van der Waals surface area contributed by atoms with E-state index in [4.69, 9.17) is 9.84 Å². The summed E-state index contributed by atoms with van der Waals surface area (Å²) in [6.07, 6.45) is 4.39. The van der Waals surface area contributed by atoms with Crippen molar-refractivity contribution in [3.05, 3.63) is 42.5 Å². The van der Waals surface area contributed by atoms with Crippen LogP contribution >= 0.6 is 0 Å². The van der Waals surface area contributed by atoms with Gasteiger partial charge in [0.15, 0.2) is 0 Å². The Kier molecular flexibility index (Phi) is 2.73. The van der Waals surface area contributed by atoms with Gasteiger partial charge in [0.25, 0.3) is 0 Å². The lowest BCUT2D eigenvalue weighted by Crippen LogP contribution is -1.99. The number of hydrogen-bond acceptors (Lipinski definition) is 5. The molecule has 0 spiro atoms. The topological polar surface area (TPSA) is 85.2 Å². The molecule has 0 aliphatic carbocycles. The fraction of sp³-hybridized carbons (Fsp3) is 0. The van der Waals surface area contributed by atoms with Gasteiger partial charge < -0.3 is 9.84 Å². The Bertz CT molecular complexity index is 484. The Morgan fingerprint density at radius 2 is 1.94 bits per heavy atom. The quantitative estimate of drug-likeness (QED) is 0.835. The molecule has 0 atom stereocenters. The van der Waals surface area contributed by atoms with Crippen molar-refractivity contribution in [2.24, 2.45) is 0 Å². The summed E-state index contributed by atoms with van der Waals surface area (Å²) in [5, 5.41) is 8.64. The minimum atomic E-state index is -1.08. The number of aromatic carboxylic acids is 1. The zero-order valence-corrected chi connectivity index (χ0v) is 8.07. The molecular weight excluding hydrogens is 210 g/mol. The van der Waals surface area contributed by atoms with Crippen LogP contribution in [0.2, 0.25) is 0 Å². The number of nitrogens with zero attached hydrogens (tertiary/aromatic N) is 3. The van der Waals surface area contributed by atoms with Crippen molar-refractivity contribution in [1.82, 2.24) is 15.0 Å². The van der Waals surface area contributed by atoms with Crippen molar-refractivity contribution >= 4 is 5.97 Å². The summed E-state index contributed by atoms with van der Waals surface area (Å²) in [6.45, 7) is 0. The summed E-state index contributed by atoms with van der Waals surface area (Å²) in [6, 6.07) is 4.69. The largest absolute Gasteiger partial charge is 0.477 e. The first kappa shape index (κ1) is 10.0. The van der Waals surface area contributed by atoms with Crippen LogP contribution < -0.4 is 4.74 Å². The molecule has 0 bridgehead atoms. The van der Waals surface area contributed by atoms with Crippen LogP contribution in [0.15, 0.2) is 36.8 Å². The van der Waals surface area contributed by atoms with E-state index in [9.17, 15) is 4.79 Å². The summed E-state index contributed by atoms with van der Waals surface area (Å²) < 4.78 is 5.24. The highest BCUT2D eigenvalue weighted by Gasteiger charge is 2.05. The van der Waals surface area contributed by atoms with Crippen LogP contribution in [0, 0.1) is 0 Å². The van der Waals surface area contributed by atoms with E-state index in [1.807, 2.05) is 0 Å². The second kappa shape index (κ2) is 4.35. The third-order valence-corrected chi connectivity index (χ3v) is 1.71. The summed E-state index contributed by atoms with van der Waals surface area (Å²) >= 11 is 0. The number of aromatic nitrogens is 3. The maximum Gasteiger partial charge on any atom is 0.354 e. The van der Waals surface area contributed by atoms with Crippen molar-refractivity contribution < 1.29 is 14.6 Å². The maximum atomic E-state index is 10.5. The first-order valence-corrected chi connectivity index (χ1v) is 4.40. The molecule has 80 valence electrons. The molecule has 2 rings (SSSR count). The molecule has 2 heterocycles. The first-order chi connectivity index (χ1) is 7.75. The van der Waals surface area contributed by atoms with Crippen molar-refractivity contribution in [3.8, 4) is 11.8 Å². The van der Waals surface area contributed by atoms with Crippen LogP contribution in [0.25, 0.3) is 0 Å². The highest BCUT2D eigenvalue weighted by atomic mass is 16.5. The van der Waals surface area contributed by atoms with E-state index >= 15 is 0 Å². The smallest absolute Gasteiger partial charge is 0.354 e. The van der Waals surface area contributed by atoms with Gasteiger partial charge in [0.05, 0.1) is 6.20 Å². The molecule has 0 saturated heterocycles. The van der Waals surface area contributed by atoms with Gasteiger partial charge in [0, 0.05) is 12.4 Å². The lowest BCUT2D eigenvalue weighted by atomic mass is 10.3. The molecule has 0 aliphatic heterocycles. The fourth-order valence-corrected chi connectivity index (χ4v) is 1.01. The van der Waals surface area contributed by atoms with Crippen molar-refractivity contribution in [2.45, 2.75) is 0 Å². The van der Waals surface area contributed by atoms with Gasteiger partial charge in [-0.3, -0.25) is 0 Å². The molecule has 2 aromatic rings. The van der Waals surface area contributed by atoms with Crippen LogP contribution in [0.4, 0.5) is 0 Å². The van der Waals surface area contributed by atoms with Gasteiger partial charge in [-0.1, -0.05) is 0 Å². The van der Waals surface area contributed by atoms with E-state index in [1.165, 1.54) is 18.3 Å². The molecule has 0 radical (unpaired) electrons. The first-order valence-electron chi connectivity index (χ1n) is 4.40. The molecule has 0 aromatic carbocycles. The Morgan fingerprint density at radius 1 is 1.19 bits per heavy atom. The zero-order valence-electron chi connectivity index (χ0n) is 8.07. The molecule has 6 nitrogen and oxygen atoms in total. The average molecular weight is 217 g/mol. The molecule has 0 saturated carbocycles. The SMILES string of the molecule is O=C(O)c1ccc(Oc2ncccn2)cn1. The molecule has 0 amide bonds. The highest BCUT2D eigenvalue weighted by molar-refractivity contribution is 5.85. The number of carbonyl (C=O) groups is 1. The van der Waals surface area contributed by atoms with Crippen LogP contribution in [0.3, 0.4) is 0 Å². The predicted octanol–water partition coefficient (Wildman–Crippen LogP) is 1.36. The fourth-order valence-electron chi connectivity index (χ4n) is 1.01. The standard InChI is InChI=1S/C10H7N3O3/c14-9(15)8-3-2-7(6-13-8)16-10-11-4-1-5-12-10/h1-6H,(H,14,15). The van der Waals surface area contributed by atoms with Crippen LogP contribution in [0.1, 0.15) is 10.5 Å². The summed E-state index contributed by atoms with van der Waals surface area (Å²) in [5.41, 5.74) is -0.0404. The minimum absolute atomic E-state index is 0.0404. The summed E-state index contributed by atoms with van der Waals surface area (Å²) in [4.78, 5) is 21.9.